The van der Waals surface area contributed by atoms with Crippen LogP contribution in [0.3, 0.4) is 0 Å². The predicted octanol–water partition coefficient (Wildman–Crippen LogP) is 3.96. The van der Waals surface area contributed by atoms with Crippen LogP contribution in [0.25, 0.3) is 0 Å². The highest BCUT2D eigenvalue weighted by atomic mass is 35.5. The zero-order valence-corrected chi connectivity index (χ0v) is 12.5. The first-order valence-corrected chi connectivity index (χ1v) is 6.59. The molecule has 0 spiro atoms. The number of pyridine rings is 1. The Labute approximate surface area is 110 Å². The van der Waals surface area contributed by atoms with Crippen molar-refractivity contribution in [1.82, 2.24) is 4.98 Å². The fourth-order valence-corrected chi connectivity index (χ4v) is 1.63. The first-order valence-electron chi connectivity index (χ1n) is 6.06. The molecule has 1 aromatic heterocycles. The second-order valence-electron chi connectivity index (χ2n) is 5.81. The molecule has 0 aliphatic carbocycles. The SMILES string of the molecule is CC(C)N(C)c1cc(CCl)cc(C(C)(C)C)n1. The van der Waals surface area contributed by atoms with Crippen molar-refractivity contribution in [2.45, 2.75) is 52.0 Å². The summed E-state index contributed by atoms with van der Waals surface area (Å²) in [6.07, 6.45) is 0. The van der Waals surface area contributed by atoms with Crippen molar-refractivity contribution in [1.29, 1.82) is 0 Å². The zero-order chi connectivity index (χ0) is 13.2. The summed E-state index contributed by atoms with van der Waals surface area (Å²) in [7, 11) is 2.07. The Hall–Kier alpha value is -0.760. The Bertz CT molecular complexity index is 380. The van der Waals surface area contributed by atoms with Crippen molar-refractivity contribution in [2.24, 2.45) is 0 Å². The van der Waals surface area contributed by atoms with Crippen molar-refractivity contribution < 1.29 is 0 Å². The van der Waals surface area contributed by atoms with Crippen LogP contribution < -0.4 is 4.90 Å². The third-order valence-corrected chi connectivity index (χ3v) is 3.24. The van der Waals surface area contributed by atoms with Crippen molar-refractivity contribution in [3.63, 3.8) is 0 Å². The van der Waals surface area contributed by atoms with E-state index in [4.69, 9.17) is 16.6 Å². The number of alkyl halides is 1. The van der Waals surface area contributed by atoms with Gasteiger partial charge in [0.25, 0.3) is 0 Å². The number of hydrogen-bond donors (Lipinski definition) is 0. The van der Waals surface area contributed by atoms with Gasteiger partial charge in [-0.15, -0.1) is 11.6 Å². The topological polar surface area (TPSA) is 16.1 Å². The van der Waals surface area contributed by atoms with Crippen LogP contribution in [0.2, 0.25) is 0 Å². The van der Waals surface area contributed by atoms with Gasteiger partial charge in [-0.3, -0.25) is 0 Å². The summed E-state index contributed by atoms with van der Waals surface area (Å²) in [4.78, 5) is 6.91. The number of hydrogen-bond acceptors (Lipinski definition) is 2. The summed E-state index contributed by atoms with van der Waals surface area (Å²) < 4.78 is 0. The number of rotatable bonds is 3. The number of nitrogens with zero attached hydrogens (tertiary/aromatic N) is 2. The van der Waals surface area contributed by atoms with E-state index in [1.54, 1.807) is 0 Å². The highest BCUT2D eigenvalue weighted by molar-refractivity contribution is 6.17. The summed E-state index contributed by atoms with van der Waals surface area (Å²) >= 11 is 5.96. The third kappa shape index (κ3) is 3.60. The van der Waals surface area contributed by atoms with E-state index < -0.39 is 0 Å². The standard InChI is InChI=1S/C14H23ClN2/c1-10(2)17(6)13-8-11(9-15)7-12(16-13)14(3,4)5/h7-8,10H,9H2,1-6H3. The molecule has 0 N–H and O–H groups in total. The lowest BCUT2D eigenvalue weighted by Crippen LogP contribution is -2.28. The molecule has 0 aliphatic rings. The van der Waals surface area contributed by atoms with Crippen LogP contribution in [0.5, 0.6) is 0 Å². The van der Waals surface area contributed by atoms with Gasteiger partial charge >= 0.3 is 0 Å². The Balaban J connectivity index is 3.23. The van der Waals surface area contributed by atoms with Gasteiger partial charge in [-0.2, -0.15) is 0 Å². The maximum atomic E-state index is 5.96. The molecule has 96 valence electrons. The molecular formula is C14H23ClN2. The Kier molecular flexibility index (Phi) is 4.42. The molecule has 0 unspecified atom stereocenters. The normalized spacial score (nSPS) is 12.0. The van der Waals surface area contributed by atoms with Gasteiger partial charge in [0.05, 0.1) is 0 Å². The molecule has 0 saturated carbocycles. The molecule has 0 atom stereocenters. The molecule has 0 radical (unpaired) electrons. The van der Waals surface area contributed by atoms with E-state index in [2.05, 4.69) is 58.7 Å². The molecule has 0 amide bonds. The van der Waals surface area contributed by atoms with Crippen LogP contribution in [0.4, 0.5) is 5.82 Å². The van der Waals surface area contributed by atoms with Crippen LogP contribution in [0.15, 0.2) is 12.1 Å². The van der Waals surface area contributed by atoms with Gasteiger partial charge < -0.3 is 4.90 Å². The predicted molar refractivity (Wildman–Crippen MR) is 76.0 cm³/mol. The minimum Gasteiger partial charge on any atom is -0.357 e. The quantitative estimate of drug-likeness (QED) is 0.759. The van der Waals surface area contributed by atoms with E-state index in [1.165, 1.54) is 0 Å². The molecule has 1 aromatic rings. The molecular weight excluding hydrogens is 232 g/mol. The largest absolute Gasteiger partial charge is 0.357 e. The summed E-state index contributed by atoms with van der Waals surface area (Å²) in [5.41, 5.74) is 2.28. The number of aromatic nitrogens is 1. The fraction of sp³-hybridized carbons (Fsp3) is 0.643. The van der Waals surface area contributed by atoms with Gasteiger partial charge in [0, 0.05) is 30.1 Å². The van der Waals surface area contributed by atoms with Crippen LogP contribution in [0.1, 0.15) is 45.9 Å². The fourth-order valence-electron chi connectivity index (χ4n) is 1.48. The second kappa shape index (κ2) is 5.26. The Morgan fingerprint density at radius 1 is 1.29 bits per heavy atom. The van der Waals surface area contributed by atoms with Crippen molar-refractivity contribution in [3.05, 3.63) is 23.4 Å². The average molecular weight is 255 g/mol. The van der Waals surface area contributed by atoms with Crippen molar-refractivity contribution >= 4 is 17.4 Å². The molecule has 0 saturated heterocycles. The molecule has 17 heavy (non-hydrogen) atoms. The lowest BCUT2D eigenvalue weighted by molar-refractivity contribution is 0.566. The van der Waals surface area contributed by atoms with Crippen LogP contribution in [0, 0.1) is 0 Å². The van der Waals surface area contributed by atoms with E-state index in [-0.39, 0.29) is 5.41 Å². The smallest absolute Gasteiger partial charge is 0.129 e. The van der Waals surface area contributed by atoms with Gasteiger partial charge in [0.15, 0.2) is 0 Å². The monoisotopic (exact) mass is 254 g/mol. The van der Waals surface area contributed by atoms with Crippen molar-refractivity contribution in [2.75, 3.05) is 11.9 Å². The third-order valence-electron chi connectivity index (χ3n) is 2.93. The van der Waals surface area contributed by atoms with Crippen LogP contribution in [-0.4, -0.2) is 18.1 Å². The lowest BCUT2D eigenvalue weighted by Gasteiger charge is -2.26. The highest BCUT2D eigenvalue weighted by Crippen LogP contribution is 2.25. The first-order chi connectivity index (χ1) is 7.75. The average Bonchev–Trinajstić information content (AvgIpc) is 2.26. The second-order valence-corrected chi connectivity index (χ2v) is 6.07. The Morgan fingerprint density at radius 3 is 2.29 bits per heavy atom. The van der Waals surface area contributed by atoms with Crippen LogP contribution in [-0.2, 0) is 11.3 Å². The summed E-state index contributed by atoms with van der Waals surface area (Å²) in [6, 6.07) is 4.60. The molecule has 3 heteroatoms. The maximum absolute atomic E-state index is 5.96. The van der Waals surface area contributed by atoms with Crippen LogP contribution >= 0.6 is 11.6 Å². The number of anilines is 1. The summed E-state index contributed by atoms with van der Waals surface area (Å²) in [6.45, 7) is 10.8. The van der Waals surface area contributed by atoms with E-state index in [0.717, 1.165) is 17.1 Å². The van der Waals surface area contributed by atoms with E-state index in [9.17, 15) is 0 Å². The first kappa shape index (κ1) is 14.3. The van der Waals surface area contributed by atoms with E-state index >= 15 is 0 Å². The van der Waals surface area contributed by atoms with Gasteiger partial charge in [0.1, 0.15) is 5.82 Å². The van der Waals surface area contributed by atoms with Crippen molar-refractivity contribution in [3.8, 4) is 0 Å². The molecule has 0 bridgehead atoms. The zero-order valence-electron chi connectivity index (χ0n) is 11.7. The molecule has 2 nitrogen and oxygen atoms in total. The van der Waals surface area contributed by atoms with Gasteiger partial charge in [-0.1, -0.05) is 20.8 Å². The molecule has 0 aliphatic heterocycles. The Morgan fingerprint density at radius 2 is 1.88 bits per heavy atom. The highest BCUT2D eigenvalue weighted by Gasteiger charge is 2.18. The minimum atomic E-state index is 0.0502. The van der Waals surface area contributed by atoms with Gasteiger partial charge in [-0.25, -0.2) is 4.98 Å². The molecule has 1 rings (SSSR count). The minimum absolute atomic E-state index is 0.0502. The van der Waals surface area contributed by atoms with E-state index in [0.29, 0.717) is 11.9 Å². The van der Waals surface area contributed by atoms with Gasteiger partial charge in [-0.05, 0) is 31.5 Å². The molecule has 0 fully saturated rings. The number of halogens is 1. The summed E-state index contributed by atoms with van der Waals surface area (Å²) in [5.74, 6) is 1.54. The molecule has 0 aromatic carbocycles. The van der Waals surface area contributed by atoms with Gasteiger partial charge in [0.2, 0.25) is 0 Å². The summed E-state index contributed by atoms with van der Waals surface area (Å²) in [5, 5.41) is 0. The maximum Gasteiger partial charge on any atom is 0.129 e. The molecule has 1 heterocycles. The van der Waals surface area contributed by atoms with E-state index in [1.807, 2.05) is 0 Å². The lowest BCUT2D eigenvalue weighted by atomic mass is 9.91.